The van der Waals surface area contributed by atoms with Gasteiger partial charge in [-0.1, -0.05) is 59.9 Å². The summed E-state index contributed by atoms with van der Waals surface area (Å²) in [7, 11) is 1.62. The van der Waals surface area contributed by atoms with Crippen LogP contribution in [0.2, 0.25) is 0 Å². The Morgan fingerprint density at radius 2 is 1.76 bits per heavy atom. The van der Waals surface area contributed by atoms with Crippen molar-refractivity contribution in [3.05, 3.63) is 90.9 Å². The lowest BCUT2D eigenvalue weighted by molar-refractivity contribution is -0.113. The number of thioether (sulfide) groups is 1. The zero-order valence-corrected chi connectivity index (χ0v) is 23.1. The lowest BCUT2D eigenvalue weighted by Crippen LogP contribution is -2.27. The summed E-state index contributed by atoms with van der Waals surface area (Å²) in [5, 5.41) is 0. The van der Waals surface area contributed by atoms with Crippen LogP contribution in [0.5, 0.6) is 11.5 Å². The van der Waals surface area contributed by atoms with Crippen LogP contribution in [0, 0.1) is 24.3 Å². The van der Waals surface area contributed by atoms with Crippen molar-refractivity contribution in [1.82, 2.24) is 0 Å². The number of hydrogen-bond donors (Lipinski definition) is 0. The number of anilines is 1. The van der Waals surface area contributed by atoms with E-state index in [0.717, 1.165) is 25.9 Å². The standard InChI is InChI=1S/C27H24INO3S2/c1-16-5-8-19(9-6-16)15-32-25-22(28)12-20(13-23(25)31-4)14-24-26(30)29(27(33)34-24)21-10-7-17(2)18(3)11-21/h5-14H,15H2,1-4H3/b24-14-. The van der Waals surface area contributed by atoms with Crippen LogP contribution >= 0.6 is 46.6 Å². The van der Waals surface area contributed by atoms with Gasteiger partial charge in [-0.3, -0.25) is 9.69 Å². The molecule has 1 amide bonds. The zero-order valence-electron chi connectivity index (χ0n) is 19.3. The number of halogens is 1. The van der Waals surface area contributed by atoms with Gasteiger partial charge in [0.15, 0.2) is 15.8 Å². The number of carbonyl (C=O) groups is 1. The molecule has 0 aliphatic carbocycles. The summed E-state index contributed by atoms with van der Waals surface area (Å²) in [5.41, 5.74) is 6.24. The van der Waals surface area contributed by atoms with Crippen molar-refractivity contribution < 1.29 is 14.3 Å². The van der Waals surface area contributed by atoms with Gasteiger partial charge >= 0.3 is 0 Å². The van der Waals surface area contributed by atoms with Gasteiger partial charge in [0.25, 0.3) is 5.91 Å². The van der Waals surface area contributed by atoms with E-state index in [1.165, 1.54) is 22.9 Å². The van der Waals surface area contributed by atoms with E-state index >= 15 is 0 Å². The molecule has 0 atom stereocenters. The Kier molecular flexibility index (Phi) is 7.64. The minimum Gasteiger partial charge on any atom is -0.493 e. The molecule has 0 N–H and O–H groups in total. The minimum absolute atomic E-state index is 0.119. The highest BCUT2D eigenvalue weighted by Crippen LogP contribution is 2.39. The number of aryl methyl sites for hydroxylation is 3. The summed E-state index contributed by atoms with van der Waals surface area (Å²) in [5.74, 6) is 1.19. The number of thiocarbonyl (C=S) groups is 1. The SMILES string of the molecule is COc1cc(/C=C2\SC(=S)N(c3ccc(C)c(C)c3)C2=O)cc(I)c1OCc1ccc(C)cc1. The lowest BCUT2D eigenvalue weighted by Gasteiger charge is -2.16. The van der Waals surface area contributed by atoms with Crippen LogP contribution in [0.4, 0.5) is 5.69 Å². The number of amides is 1. The van der Waals surface area contributed by atoms with Crippen molar-refractivity contribution in [3.63, 3.8) is 0 Å². The van der Waals surface area contributed by atoms with Gasteiger partial charge in [-0.2, -0.15) is 0 Å². The largest absolute Gasteiger partial charge is 0.493 e. The molecule has 1 saturated heterocycles. The molecule has 34 heavy (non-hydrogen) atoms. The van der Waals surface area contributed by atoms with E-state index in [9.17, 15) is 4.79 Å². The molecule has 3 aromatic carbocycles. The lowest BCUT2D eigenvalue weighted by atomic mass is 10.1. The quantitative estimate of drug-likeness (QED) is 0.170. The Labute approximate surface area is 223 Å². The van der Waals surface area contributed by atoms with Crippen molar-refractivity contribution in [2.75, 3.05) is 12.0 Å². The highest BCUT2D eigenvalue weighted by molar-refractivity contribution is 14.1. The number of rotatable bonds is 6. The molecule has 0 saturated carbocycles. The monoisotopic (exact) mass is 601 g/mol. The van der Waals surface area contributed by atoms with E-state index in [2.05, 4.69) is 53.8 Å². The van der Waals surface area contributed by atoms with Crippen molar-refractivity contribution >= 4 is 68.6 Å². The first kappa shape index (κ1) is 24.8. The molecular formula is C27H24INO3S2. The fraction of sp³-hybridized carbons (Fsp3) is 0.185. The number of hydrogen-bond acceptors (Lipinski definition) is 5. The molecule has 7 heteroatoms. The van der Waals surface area contributed by atoms with Gasteiger partial charge < -0.3 is 9.47 Å². The van der Waals surface area contributed by atoms with Crippen LogP contribution in [-0.4, -0.2) is 17.3 Å². The summed E-state index contributed by atoms with van der Waals surface area (Å²) in [4.78, 5) is 15.4. The summed E-state index contributed by atoms with van der Waals surface area (Å²) in [6, 6.07) is 18.1. The van der Waals surface area contributed by atoms with Gasteiger partial charge in [0.05, 0.1) is 21.3 Å². The summed E-state index contributed by atoms with van der Waals surface area (Å²) in [6.07, 6.45) is 1.86. The van der Waals surface area contributed by atoms with Gasteiger partial charge in [-0.05, 0) is 96.0 Å². The number of carbonyl (C=O) groups excluding carboxylic acids is 1. The second-order valence-electron chi connectivity index (χ2n) is 8.09. The minimum atomic E-state index is -0.119. The average Bonchev–Trinajstić information content (AvgIpc) is 3.08. The van der Waals surface area contributed by atoms with Crippen molar-refractivity contribution in [2.45, 2.75) is 27.4 Å². The Balaban J connectivity index is 1.58. The third kappa shape index (κ3) is 5.31. The molecule has 1 fully saturated rings. The molecule has 4 rings (SSSR count). The van der Waals surface area contributed by atoms with E-state index in [0.29, 0.717) is 27.3 Å². The third-order valence-corrected chi connectivity index (χ3v) is 7.70. The molecule has 174 valence electrons. The van der Waals surface area contributed by atoms with Crippen LogP contribution in [0.3, 0.4) is 0 Å². The zero-order chi connectivity index (χ0) is 24.4. The molecule has 0 bridgehead atoms. The van der Waals surface area contributed by atoms with E-state index in [4.69, 9.17) is 21.7 Å². The maximum absolute atomic E-state index is 13.2. The molecular weight excluding hydrogens is 577 g/mol. The maximum Gasteiger partial charge on any atom is 0.270 e. The van der Waals surface area contributed by atoms with Crippen LogP contribution in [-0.2, 0) is 11.4 Å². The highest BCUT2D eigenvalue weighted by Gasteiger charge is 2.33. The Morgan fingerprint density at radius 1 is 1.03 bits per heavy atom. The molecule has 1 heterocycles. The second-order valence-corrected chi connectivity index (χ2v) is 10.9. The first-order valence-corrected chi connectivity index (χ1v) is 13.0. The normalized spacial score (nSPS) is 14.7. The maximum atomic E-state index is 13.2. The van der Waals surface area contributed by atoms with E-state index < -0.39 is 0 Å². The molecule has 0 unspecified atom stereocenters. The molecule has 1 aliphatic heterocycles. The van der Waals surface area contributed by atoms with E-state index in [-0.39, 0.29) is 5.91 Å². The summed E-state index contributed by atoms with van der Waals surface area (Å²) < 4.78 is 13.1. The van der Waals surface area contributed by atoms with Gasteiger partial charge in [-0.15, -0.1) is 0 Å². The smallest absolute Gasteiger partial charge is 0.270 e. The number of ether oxygens (including phenoxy) is 2. The van der Waals surface area contributed by atoms with Crippen molar-refractivity contribution in [1.29, 1.82) is 0 Å². The summed E-state index contributed by atoms with van der Waals surface area (Å²) in [6.45, 7) is 6.58. The number of benzene rings is 3. The Morgan fingerprint density at radius 3 is 2.44 bits per heavy atom. The second kappa shape index (κ2) is 10.5. The molecule has 0 spiro atoms. The highest BCUT2D eigenvalue weighted by atomic mass is 127. The first-order valence-electron chi connectivity index (χ1n) is 10.7. The molecule has 1 aliphatic rings. The van der Waals surface area contributed by atoms with Crippen LogP contribution in [0.15, 0.2) is 59.5 Å². The van der Waals surface area contributed by atoms with Crippen LogP contribution in [0.25, 0.3) is 6.08 Å². The number of nitrogens with zero attached hydrogens (tertiary/aromatic N) is 1. The average molecular weight is 602 g/mol. The van der Waals surface area contributed by atoms with Crippen molar-refractivity contribution in [2.24, 2.45) is 0 Å². The fourth-order valence-electron chi connectivity index (χ4n) is 3.51. The fourth-order valence-corrected chi connectivity index (χ4v) is 5.59. The van der Waals surface area contributed by atoms with Gasteiger partial charge in [0, 0.05) is 0 Å². The molecule has 3 aromatic rings. The molecule has 4 nitrogen and oxygen atoms in total. The van der Waals surface area contributed by atoms with Gasteiger partial charge in [-0.25, -0.2) is 0 Å². The van der Waals surface area contributed by atoms with Gasteiger partial charge in [0.1, 0.15) is 6.61 Å². The van der Waals surface area contributed by atoms with E-state index in [1.807, 2.05) is 50.3 Å². The Hall–Kier alpha value is -2.36. The van der Waals surface area contributed by atoms with E-state index in [1.54, 1.807) is 12.0 Å². The predicted molar refractivity (Wildman–Crippen MR) is 153 cm³/mol. The van der Waals surface area contributed by atoms with Crippen LogP contribution < -0.4 is 14.4 Å². The van der Waals surface area contributed by atoms with Crippen LogP contribution in [0.1, 0.15) is 27.8 Å². The Bertz CT molecular complexity index is 1300. The summed E-state index contributed by atoms with van der Waals surface area (Å²) >= 11 is 9.08. The van der Waals surface area contributed by atoms with Gasteiger partial charge in [0.2, 0.25) is 0 Å². The molecule has 0 aromatic heterocycles. The third-order valence-electron chi connectivity index (χ3n) is 5.60. The topological polar surface area (TPSA) is 38.8 Å². The predicted octanol–water partition coefficient (Wildman–Crippen LogP) is 7.21. The number of methoxy groups -OCH3 is 1. The van der Waals surface area contributed by atoms with Crippen molar-refractivity contribution in [3.8, 4) is 11.5 Å². The molecule has 0 radical (unpaired) electrons. The first-order chi connectivity index (χ1) is 16.3.